The number of piperazine rings is 1. The maximum absolute atomic E-state index is 13.1. The predicted molar refractivity (Wildman–Crippen MR) is 109 cm³/mol. The molecule has 2 amide bonds. The largest absolute Gasteiger partial charge is 0.349 e. The van der Waals surface area contributed by atoms with Crippen molar-refractivity contribution in [3.8, 4) is 0 Å². The number of rotatable bonds is 7. The van der Waals surface area contributed by atoms with E-state index in [4.69, 9.17) is 0 Å². The van der Waals surface area contributed by atoms with Crippen LogP contribution in [0.4, 0.5) is 0 Å². The molecule has 1 aromatic heterocycles. The highest BCUT2D eigenvalue weighted by molar-refractivity contribution is 5.82. The Morgan fingerprint density at radius 1 is 1.14 bits per heavy atom. The van der Waals surface area contributed by atoms with Crippen LogP contribution in [0.3, 0.4) is 0 Å². The van der Waals surface area contributed by atoms with Crippen molar-refractivity contribution < 1.29 is 9.59 Å². The molecule has 0 radical (unpaired) electrons. The van der Waals surface area contributed by atoms with Crippen LogP contribution in [0.5, 0.6) is 0 Å². The van der Waals surface area contributed by atoms with Gasteiger partial charge in [-0.3, -0.25) is 19.5 Å². The van der Waals surface area contributed by atoms with Crippen molar-refractivity contribution in [3.63, 3.8) is 0 Å². The summed E-state index contributed by atoms with van der Waals surface area (Å²) in [5.41, 5.74) is 0.880. The van der Waals surface area contributed by atoms with Gasteiger partial charge in [-0.1, -0.05) is 32.8 Å². The lowest BCUT2D eigenvalue weighted by Gasteiger charge is -2.41. The number of amides is 2. The molecule has 1 aromatic rings. The van der Waals surface area contributed by atoms with E-state index in [0.717, 1.165) is 44.7 Å². The average molecular weight is 387 g/mol. The highest BCUT2D eigenvalue weighted by Crippen LogP contribution is 2.31. The number of pyridine rings is 1. The van der Waals surface area contributed by atoms with Crippen LogP contribution in [-0.2, 0) is 16.1 Å². The fourth-order valence-electron chi connectivity index (χ4n) is 4.46. The van der Waals surface area contributed by atoms with Crippen molar-refractivity contribution in [3.05, 3.63) is 30.1 Å². The molecule has 0 bridgehead atoms. The van der Waals surface area contributed by atoms with Gasteiger partial charge in [0.2, 0.25) is 11.8 Å². The molecule has 1 aliphatic heterocycles. The topological polar surface area (TPSA) is 65.5 Å². The van der Waals surface area contributed by atoms with Gasteiger partial charge in [0.25, 0.3) is 0 Å². The van der Waals surface area contributed by atoms with Crippen LogP contribution in [0.1, 0.15) is 51.6 Å². The zero-order valence-electron chi connectivity index (χ0n) is 17.3. The first-order chi connectivity index (χ1) is 13.5. The van der Waals surface area contributed by atoms with Crippen LogP contribution < -0.4 is 5.32 Å². The molecule has 154 valence electrons. The summed E-state index contributed by atoms with van der Waals surface area (Å²) < 4.78 is 0. The van der Waals surface area contributed by atoms with Gasteiger partial charge in [0.1, 0.15) is 0 Å². The number of hydrogen-bond acceptors (Lipinski definition) is 4. The molecule has 1 N–H and O–H groups in total. The van der Waals surface area contributed by atoms with Crippen LogP contribution in [0.25, 0.3) is 0 Å². The van der Waals surface area contributed by atoms with Gasteiger partial charge in [-0.05, 0) is 36.8 Å². The Kier molecular flexibility index (Phi) is 7.43. The Balaban J connectivity index is 1.59. The van der Waals surface area contributed by atoms with Gasteiger partial charge in [0.15, 0.2) is 0 Å². The Morgan fingerprint density at radius 2 is 1.86 bits per heavy atom. The first-order valence-electron chi connectivity index (χ1n) is 10.7. The van der Waals surface area contributed by atoms with Crippen molar-refractivity contribution in [2.24, 2.45) is 11.8 Å². The summed E-state index contributed by atoms with van der Waals surface area (Å²) in [5, 5.41) is 3.11. The third-order valence-corrected chi connectivity index (χ3v) is 5.93. The summed E-state index contributed by atoms with van der Waals surface area (Å²) in [5.74, 6) is 1.15. The number of carbonyl (C=O) groups excluding carboxylic acids is 2. The van der Waals surface area contributed by atoms with E-state index < -0.39 is 0 Å². The molecule has 1 aliphatic carbocycles. The summed E-state index contributed by atoms with van der Waals surface area (Å²) in [6.45, 7) is 7.64. The van der Waals surface area contributed by atoms with Crippen molar-refractivity contribution in [1.29, 1.82) is 0 Å². The minimum atomic E-state index is -0.0893. The first-order valence-corrected chi connectivity index (χ1v) is 10.7. The average Bonchev–Trinajstić information content (AvgIpc) is 3.21. The smallest absolute Gasteiger partial charge is 0.237 e. The molecule has 0 spiro atoms. The number of nitrogens with zero attached hydrogens (tertiary/aromatic N) is 3. The van der Waals surface area contributed by atoms with E-state index in [-0.39, 0.29) is 17.9 Å². The Bertz CT molecular complexity index is 635. The standard InChI is InChI=1S/C22H34N4O2/c1-17(2)15-20(27)25-11-13-26(14-12-25)21(18-7-3-4-8-18)22(28)24-16-19-9-5-6-10-23-19/h5-6,9-10,17-18,21H,3-4,7-8,11-16H2,1-2H3,(H,24,28). The Hall–Kier alpha value is -1.95. The minimum Gasteiger partial charge on any atom is -0.349 e. The molecule has 2 fully saturated rings. The predicted octanol–water partition coefficient (Wildman–Crippen LogP) is 2.45. The maximum atomic E-state index is 13.1. The molecule has 1 unspecified atom stereocenters. The van der Waals surface area contributed by atoms with Gasteiger partial charge in [-0.15, -0.1) is 0 Å². The monoisotopic (exact) mass is 386 g/mol. The second-order valence-electron chi connectivity index (χ2n) is 8.54. The summed E-state index contributed by atoms with van der Waals surface area (Å²) in [4.78, 5) is 34.0. The van der Waals surface area contributed by atoms with Crippen molar-refractivity contribution in [1.82, 2.24) is 20.1 Å². The van der Waals surface area contributed by atoms with Crippen LogP contribution in [0, 0.1) is 11.8 Å². The SMILES string of the molecule is CC(C)CC(=O)N1CCN(C(C(=O)NCc2ccccn2)C2CCCC2)CC1. The maximum Gasteiger partial charge on any atom is 0.237 e. The normalized spacial score (nSPS) is 19.8. The molecule has 3 rings (SSSR count). The summed E-state index contributed by atoms with van der Waals surface area (Å²) >= 11 is 0. The van der Waals surface area contributed by atoms with Gasteiger partial charge in [-0.25, -0.2) is 0 Å². The molecule has 2 aliphatic rings. The fraction of sp³-hybridized carbons (Fsp3) is 0.682. The number of nitrogens with one attached hydrogen (secondary N) is 1. The summed E-state index contributed by atoms with van der Waals surface area (Å²) in [6.07, 6.45) is 7.02. The van der Waals surface area contributed by atoms with Crippen LogP contribution in [0.15, 0.2) is 24.4 Å². The number of hydrogen-bond donors (Lipinski definition) is 1. The number of carbonyl (C=O) groups is 2. The van der Waals surface area contributed by atoms with E-state index in [9.17, 15) is 9.59 Å². The highest BCUT2D eigenvalue weighted by atomic mass is 16.2. The second-order valence-corrected chi connectivity index (χ2v) is 8.54. The third-order valence-electron chi connectivity index (χ3n) is 5.93. The number of aromatic nitrogens is 1. The van der Waals surface area contributed by atoms with Gasteiger partial charge in [0, 0.05) is 38.8 Å². The lowest BCUT2D eigenvalue weighted by Crippen LogP contribution is -2.58. The highest BCUT2D eigenvalue weighted by Gasteiger charge is 2.37. The van der Waals surface area contributed by atoms with Gasteiger partial charge in [-0.2, -0.15) is 0 Å². The fourth-order valence-corrected chi connectivity index (χ4v) is 4.46. The van der Waals surface area contributed by atoms with Crippen molar-refractivity contribution in [2.75, 3.05) is 26.2 Å². The quantitative estimate of drug-likeness (QED) is 0.782. The summed E-state index contributed by atoms with van der Waals surface area (Å²) in [6, 6.07) is 5.67. The zero-order chi connectivity index (χ0) is 19.9. The summed E-state index contributed by atoms with van der Waals surface area (Å²) in [7, 11) is 0. The van der Waals surface area contributed by atoms with Crippen LogP contribution in [-0.4, -0.2) is 58.8 Å². The van der Waals surface area contributed by atoms with Crippen molar-refractivity contribution >= 4 is 11.8 Å². The van der Waals surface area contributed by atoms with Crippen LogP contribution >= 0.6 is 0 Å². The first kappa shape index (κ1) is 20.8. The van der Waals surface area contributed by atoms with E-state index in [1.54, 1.807) is 6.20 Å². The van der Waals surface area contributed by atoms with Gasteiger partial charge < -0.3 is 10.2 Å². The zero-order valence-corrected chi connectivity index (χ0v) is 17.3. The van der Waals surface area contributed by atoms with Gasteiger partial charge in [0.05, 0.1) is 18.3 Å². The van der Waals surface area contributed by atoms with E-state index >= 15 is 0 Å². The Morgan fingerprint density at radius 3 is 2.46 bits per heavy atom. The van der Waals surface area contributed by atoms with E-state index in [1.165, 1.54) is 12.8 Å². The van der Waals surface area contributed by atoms with E-state index in [1.807, 2.05) is 23.1 Å². The third kappa shape index (κ3) is 5.53. The van der Waals surface area contributed by atoms with E-state index in [2.05, 4.69) is 29.0 Å². The minimum absolute atomic E-state index is 0.0893. The molecular weight excluding hydrogens is 352 g/mol. The molecule has 28 heavy (non-hydrogen) atoms. The molecular formula is C22H34N4O2. The molecule has 6 heteroatoms. The van der Waals surface area contributed by atoms with Gasteiger partial charge >= 0.3 is 0 Å². The lowest BCUT2D eigenvalue weighted by molar-refractivity contribution is -0.136. The molecule has 1 atom stereocenters. The second kappa shape index (κ2) is 10.0. The van der Waals surface area contributed by atoms with E-state index in [0.29, 0.717) is 24.8 Å². The molecule has 0 aromatic carbocycles. The molecule has 1 saturated carbocycles. The molecule has 1 saturated heterocycles. The lowest BCUT2D eigenvalue weighted by atomic mass is 9.95. The molecule has 2 heterocycles. The van der Waals surface area contributed by atoms with Crippen LogP contribution in [0.2, 0.25) is 0 Å². The van der Waals surface area contributed by atoms with Crippen molar-refractivity contribution in [2.45, 2.75) is 58.5 Å². The molecule has 6 nitrogen and oxygen atoms in total. The Labute approximate surface area is 168 Å².